The summed E-state index contributed by atoms with van der Waals surface area (Å²) in [6.45, 7) is 2.23. The van der Waals surface area contributed by atoms with E-state index < -0.39 is 4.92 Å². The Balaban J connectivity index is 2.24. The number of benzene rings is 1. The van der Waals surface area contributed by atoms with Crippen LogP contribution in [0.5, 0.6) is 5.75 Å². The zero-order chi connectivity index (χ0) is 15.4. The molecule has 0 radical (unpaired) electrons. The van der Waals surface area contributed by atoms with Crippen molar-refractivity contribution in [3.05, 3.63) is 28.3 Å². The minimum Gasteiger partial charge on any atom is -0.490 e. The number of nitrogens with zero attached hydrogens (tertiary/aromatic N) is 2. The number of anilines is 1. The molecule has 2 rings (SSSR count). The lowest BCUT2D eigenvalue weighted by molar-refractivity contribution is -0.385. The Morgan fingerprint density at radius 2 is 2.19 bits per heavy atom. The van der Waals surface area contributed by atoms with Crippen molar-refractivity contribution in [2.75, 3.05) is 25.2 Å². The summed E-state index contributed by atoms with van der Waals surface area (Å²) in [6.07, 6.45) is 2.00. The van der Waals surface area contributed by atoms with Gasteiger partial charge in [-0.3, -0.25) is 14.9 Å². The van der Waals surface area contributed by atoms with Crippen LogP contribution in [0, 0.1) is 10.1 Å². The molecule has 0 spiro atoms. The lowest BCUT2D eigenvalue weighted by Gasteiger charge is -2.23. The third kappa shape index (κ3) is 3.62. The zero-order valence-corrected chi connectivity index (χ0v) is 12.1. The average Bonchev–Trinajstić information content (AvgIpc) is 3.28. The monoisotopic (exact) mass is 294 g/mol. The van der Waals surface area contributed by atoms with E-state index in [1.54, 1.807) is 19.1 Å². The van der Waals surface area contributed by atoms with Crippen molar-refractivity contribution < 1.29 is 19.2 Å². The smallest absolute Gasteiger partial charge is 0.325 e. The number of hydrogen-bond donors (Lipinski definition) is 0. The summed E-state index contributed by atoms with van der Waals surface area (Å²) in [7, 11) is 1.39. The molecule has 7 heteroatoms. The number of esters is 1. The van der Waals surface area contributed by atoms with E-state index in [-0.39, 0.29) is 30.0 Å². The van der Waals surface area contributed by atoms with Crippen molar-refractivity contribution in [3.63, 3.8) is 0 Å². The third-order valence-corrected chi connectivity index (χ3v) is 3.28. The van der Waals surface area contributed by atoms with Gasteiger partial charge in [-0.25, -0.2) is 0 Å². The molecule has 0 atom stereocenters. The summed E-state index contributed by atoms with van der Waals surface area (Å²) in [5, 5.41) is 10.9. The Morgan fingerprint density at radius 1 is 1.48 bits per heavy atom. The van der Waals surface area contributed by atoms with Crippen LogP contribution in [0.2, 0.25) is 0 Å². The van der Waals surface area contributed by atoms with Crippen molar-refractivity contribution in [3.8, 4) is 5.75 Å². The molecule has 0 unspecified atom stereocenters. The first-order valence-electron chi connectivity index (χ1n) is 6.81. The van der Waals surface area contributed by atoms with Crippen LogP contribution in [0.15, 0.2) is 18.2 Å². The molecule has 0 amide bonds. The van der Waals surface area contributed by atoms with Gasteiger partial charge in [0.05, 0.1) is 18.6 Å². The van der Waals surface area contributed by atoms with Crippen LogP contribution < -0.4 is 9.64 Å². The summed E-state index contributed by atoms with van der Waals surface area (Å²) in [4.78, 5) is 24.0. The van der Waals surface area contributed by atoms with Crippen molar-refractivity contribution >= 4 is 17.3 Å². The maximum absolute atomic E-state index is 11.7. The van der Waals surface area contributed by atoms with E-state index >= 15 is 0 Å². The van der Waals surface area contributed by atoms with Crippen molar-refractivity contribution in [2.24, 2.45) is 0 Å². The Labute approximate surface area is 122 Å². The number of ether oxygens (including phenoxy) is 2. The average molecular weight is 294 g/mol. The lowest BCUT2D eigenvalue weighted by atomic mass is 10.2. The quantitative estimate of drug-likeness (QED) is 0.435. The van der Waals surface area contributed by atoms with E-state index in [0.717, 1.165) is 18.5 Å². The van der Waals surface area contributed by atoms with Gasteiger partial charge in [0.2, 0.25) is 0 Å². The van der Waals surface area contributed by atoms with Gasteiger partial charge in [-0.15, -0.1) is 0 Å². The van der Waals surface area contributed by atoms with Gasteiger partial charge >= 0.3 is 11.7 Å². The molecular formula is C14H18N2O5. The molecular weight excluding hydrogens is 276 g/mol. The molecule has 0 aromatic heterocycles. The Bertz CT molecular complexity index is 542. The normalized spacial score (nSPS) is 13.6. The molecule has 0 bridgehead atoms. The second kappa shape index (κ2) is 6.43. The molecule has 1 fully saturated rings. The van der Waals surface area contributed by atoms with Gasteiger partial charge in [-0.1, -0.05) is 0 Å². The summed E-state index contributed by atoms with van der Waals surface area (Å²) in [6, 6.07) is 4.91. The summed E-state index contributed by atoms with van der Waals surface area (Å²) in [5.41, 5.74) is 0.640. The van der Waals surface area contributed by atoms with Crippen LogP contribution in [0.1, 0.15) is 19.8 Å². The van der Waals surface area contributed by atoms with Gasteiger partial charge in [-0.05, 0) is 25.8 Å². The predicted octanol–water partition coefficient (Wildman–Crippen LogP) is 2.14. The fourth-order valence-corrected chi connectivity index (χ4v) is 2.16. The maximum atomic E-state index is 11.7. The van der Waals surface area contributed by atoms with Gasteiger partial charge in [0.25, 0.3) is 0 Å². The molecule has 0 aliphatic heterocycles. The maximum Gasteiger partial charge on any atom is 0.325 e. The van der Waals surface area contributed by atoms with Gasteiger partial charge in [0.1, 0.15) is 6.54 Å². The number of nitro benzene ring substituents is 1. The molecule has 1 aromatic carbocycles. The Hall–Kier alpha value is -2.31. The summed E-state index contributed by atoms with van der Waals surface area (Å²) in [5.74, 6) is -0.117. The van der Waals surface area contributed by atoms with Crippen LogP contribution in [0.25, 0.3) is 0 Å². The van der Waals surface area contributed by atoms with E-state index in [0.29, 0.717) is 6.61 Å². The van der Waals surface area contributed by atoms with Gasteiger partial charge in [0, 0.05) is 23.9 Å². The van der Waals surface area contributed by atoms with Gasteiger partial charge < -0.3 is 14.4 Å². The second-order valence-corrected chi connectivity index (χ2v) is 4.78. The largest absolute Gasteiger partial charge is 0.490 e. The van der Waals surface area contributed by atoms with Crippen LogP contribution in [-0.2, 0) is 9.53 Å². The highest BCUT2D eigenvalue weighted by Gasteiger charge is 2.32. The predicted molar refractivity (Wildman–Crippen MR) is 76.6 cm³/mol. The van der Waals surface area contributed by atoms with Crippen LogP contribution in [0.3, 0.4) is 0 Å². The first-order valence-corrected chi connectivity index (χ1v) is 6.81. The zero-order valence-electron chi connectivity index (χ0n) is 12.1. The van der Waals surface area contributed by atoms with E-state index in [2.05, 4.69) is 0 Å². The molecule has 1 aliphatic rings. The fourth-order valence-electron chi connectivity index (χ4n) is 2.16. The highest BCUT2D eigenvalue weighted by Crippen LogP contribution is 2.36. The van der Waals surface area contributed by atoms with Crippen molar-refractivity contribution in [2.45, 2.75) is 25.8 Å². The number of carbonyl (C=O) groups excluding carboxylic acids is 1. The lowest BCUT2D eigenvalue weighted by Crippen LogP contribution is -2.32. The Kier molecular flexibility index (Phi) is 4.62. The topological polar surface area (TPSA) is 81.9 Å². The summed E-state index contributed by atoms with van der Waals surface area (Å²) < 4.78 is 10.0. The standard InChI is InChI=1S/C14H18N2O5/c1-3-21-14(17)9-15(10-4-5-10)11-6-7-12(16(18)19)13(8-11)20-2/h6-8,10H,3-5,9H2,1-2H3. The van der Waals surface area contributed by atoms with Gasteiger partial charge in [0.15, 0.2) is 5.75 Å². The molecule has 1 aromatic rings. The third-order valence-electron chi connectivity index (χ3n) is 3.28. The van der Waals surface area contributed by atoms with E-state index in [4.69, 9.17) is 9.47 Å². The first kappa shape index (κ1) is 15.1. The molecule has 0 heterocycles. The molecule has 21 heavy (non-hydrogen) atoms. The van der Waals surface area contributed by atoms with Crippen molar-refractivity contribution in [1.82, 2.24) is 0 Å². The molecule has 0 saturated heterocycles. The van der Waals surface area contributed by atoms with Crippen LogP contribution in [0.4, 0.5) is 11.4 Å². The van der Waals surface area contributed by atoms with E-state index in [9.17, 15) is 14.9 Å². The number of hydrogen-bond acceptors (Lipinski definition) is 6. The van der Waals surface area contributed by atoms with E-state index in [1.807, 2.05) is 4.90 Å². The molecule has 1 aliphatic carbocycles. The second-order valence-electron chi connectivity index (χ2n) is 4.78. The van der Waals surface area contributed by atoms with Crippen molar-refractivity contribution in [1.29, 1.82) is 0 Å². The highest BCUT2D eigenvalue weighted by atomic mass is 16.6. The first-order chi connectivity index (χ1) is 10.1. The van der Waals surface area contributed by atoms with Crippen LogP contribution >= 0.6 is 0 Å². The highest BCUT2D eigenvalue weighted by molar-refractivity contribution is 5.77. The SMILES string of the molecule is CCOC(=O)CN(c1ccc([N+](=O)[O-])c(OC)c1)C1CC1. The summed E-state index contributed by atoms with van der Waals surface area (Å²) >= 11 is 0. The fraction of sp³-hybridized carbons (Fsp3) is 0.500. The molecule has 1 saturated carbocycles. The molecule has 0 N–H and O–H groups in total. The van der Waals surface area contributed by atoms with Gasteiger partial charge in [-0.2, -0.15) is 0 Å². The Morgan fingerprint density at radius 3 is 2.71 bits per heavy atom. The number of carbonyl (C=O) groups is 1. The minimum atomic E-state index is -0.491. The number of nitro groups is 1. The van der Waals surface area contributed by atoms with E-state index in [1.165, 1.54) is 13.2 Å². The molecule has 114 valence electrons. The molecule has 7 nitrogen and oxygen atoms in total. The van der Waals surface area contributed by atoms with Crippen LogP contribution in [-0.4, -0.2) is 37.2 Å². The minimum absolute atomic E-state index is 0.0897. The number of methoxy groups -OCH3 is 1. The number of rotatable bonds is 7.